The molecule has 0 fully saturated rings. The van der Waals surface area contributed by atoms with E-state index in [2.05, 4.69) is 5.32 Å². The van der Waals surface area contributed by atoms with Gasteiger partial charge in [-0.05, 0) is 25.5 Å². The molecule has 1 rings (SSSR count). The number of nitrogens with one attached hydrogen (secondary N) is 1. The quantitative estimate of drug-likeness (QED) is 0.639. The van der Waals surface area contributed by atoms with Gasteiger partial charge in [0.15, 0.2) is 0 Å². The molecule has 0 saturated carbocycles. The molecule has 0 saturated heterocycles. The zero-order valence-corrected chi connectivity index (χ0v) is 10.4. The van der Waals surface area contributed by atoms with Crippen LogP contribution in [0.2, 0.25) is 0 Å². The Balaban J connectivity index is 2.63. The van der Waals surface area contributed by atoms with Crippen molar-refractivity contribution in [3.8, 4) is 0 Å². The van der Waals surface area contributed by atoms with E-state index in [4.69, 9.17) is 10.5 Å². The highest BCUT2D eigenvalue weighted by atomic mass is 16.5. The lowest BCUT2D eigenvalue weighted by atomic mass is 10.1. The first-order valence-corrected chi connectivity index (χ1v) is 5.96. The number of hydrogen-bond acceptors (Lipinski definition) is 4. The van der Waals surface area contributed by atoms with E-state index >= 15 is 0 Å². The number of rotatable bonds is 8. The average molecular weight is 238 g/mol. The standard InChI is InChI=1S/C13H22N2O2/c1-17-10-12(6-4-8-14)15-13-7-3-2-5-11(13)9-16/h2-3,5,7,12,15-16H,4,6,8-10,14H2,1H3. The predicted molar refractivity (Wildman–Crippen MR) is 69.9 cm³/mol. The molecule has 0 aliphatic rings. The fourth-order valence-electron chi connectivity index (χ4n) is 1.78. The average Bonchev–Trinajstić information content (AvgIpc) is 2.37. The van der Waals surface area contributed by atoms with Gasteiger partial charge in [-0.15, -0.1) is 0 Å². The van der Waals surface area contributed by atoms with E-state index < -0.39 is 0 Å². The Morgan fingerprint density at radius 1 is 1.41 bits per heavy atom. The molecule has 17 heavy (non-hydrogen) atoms. The van der Waals surface area contributed by atoms with Crippen LogP contribution in [-0.2, 0) is 11.3 Å². The molecule has 0 aromatic heterocycles. The first-order valence-electron chi connectivity index (χ1n) is 5.96. The van der Waals surface area contributed by atoms with Gasteiger partial charge in [0.1, 0.15) is 0 Å². The normalized spacial score (nSPS) is 12.4. The summed E-state index contributed by atoms with van der Waals surface area (Å²) in [6.07, 6.45) is 1.92. The third-order valence-electron chi connectivity index (χ3n) is 2.67. The van der Waals surface area contributed by atoms with E-state index in [-0.39, 0.29) is 12.6 Å². The van der Waals surface area contributed by atoms with Gasteiger partial charge in [0.2, 0.25) is 0 Å². The Labute approximate surface area is 103 Å². The second-order valence-corrected chi connectivity index (χ2v) is 4.04. The highest BCUT2D eigenvalue weighted by Gasteiger charge is 2.09. The lowest BCUT2D eigenvalue weighted by Crippen LogP contribution is -2.26. The van der Waals surface area contributed by atoms with Crippen LogP contribution >= 0.6 is 0 Å². The summed E-state index contributed by atoms with van der Waals surface area (Å²) < 4.78 is 5.18. The summed E-state index contributed by atoms with van der Waals surface area (Å²) >= 11 is 0. The smallest absolute Gasteiger partial charge is 0.0701 e. The van der Waals surface area contributed by atoms with Crippen molar-refractivity contribution in [3.05, 3.63) is 29.8 Å². The summed E-state index contributed by atoms with van der Waals surface area (Å²) in [6, 6.07) is 7.98. The van der Waals surface area contributed by atoms with E-state index in [0.717, 1.165) is 24.1 Å². The molecule has 96 valence electrons. The number of hydrogen-bond donors (Lipinski definition) is 3. The molecule has 0 amide bonds. The van der Waals surface area contributed by atoms with Crippen molar-refractivity contribution < 1.29 is 9.84 Å². The summed E-state index contributed by atoms with van der Waals surface area (Å²) in [6.45, 7) is 1.36. The number of para-hydroxylation sites is 1. The van der Waals surface area contributed by atoms with Gasteiger partial charge in [0.05, 0.1) is 13.2 Å². The van der Waals surface area contributed by atoms with Crippen LogP contribution in [0, 0.1) is 0 Å². The van der Waals surface area contributed by atoms with Gasteiger partial charge in [-0.1, -0.05) is 18.2 Å². The Morgan fingerprint density at radius 2 is 2.18 bits per heavy atom. The molecule has 0 heterocycles. The van der Waals surface area contributed by atoms with E-state index in [1.54, 1.807) is 7.11 Å². The number of aliphatic hydroxyl groups is 1. The van der Waals surface area contributed by atoms with Gasteiger partial charge in [0, 0.05) is 24.4 Å². The molecule has 1 aromatic carbocycles. The second-order valence-electron chi connectivity index (χ2n) is 4.04. The molecule has 1 atom stereocenters. The molecule has 4 heteroatoms. The fraction of sp³-hybridized carbons (Fsp3) is 0.538. The molecule has 0 radical (unpaired) electrons. The Morgan fingerprint density at radius 3 is 2.82 bits per heavy atom. The third-order valence-corrected chi connectivity index (χ3v) is 2.67. The number of aliphatic hydroxyl groups excluding tert-OH is 1. The van der Waals surface area contributed by atoms with Gasteiger partial charge < -0.3 is 20.9 Å². The van der Waals surface area contributed by atoms with Crippen molar-refractivity contribution in [1.29, 1.82) is 0 Å². The SMILES string of the molecule is COCC(CCCN)Nc1ccccc1CO. The largest absolute Gasteiger partial charge is 0.392 e. The maximum atomic E-state index is 9.25. The van der Waals surface area contributed by atoms with Crippen molar-refractivity contribution in [2.45, 2.75) is 25.5 Å². The van der Waals surface area contributed by atoms with Crippen molar-refractivity contribution in [2.24, 2.45) is 5.73 Å². The Hall–Kier alpha value is -1.10. The van der Waals surface area contributed by atoms with Gasteiger partial charge in [-0.3, -0.25) is 0 Å². The Bertz CT molecular complexity index is 318. The summed E-state index contributed by atoms with van der Waals surface area (Å²) in [5.74, 6) is 0. The lowest BCUT2D eigenvalue weighted by molar-refractivity contribution is 0.182. The van der Waals surface area contributed by atoms with Crippen molar-refractivity contribution in [3.63, 3.8) is 0 Å². The summed E-state index contributed by atoms with van der Waals surface area (Å²) in [4.78, 5) is 0. The van der Waals surface area contributed by atoms with Crippen molar-refractivity contribution in [1.82, 2.24) is 0 Å². The van der Waals surface area contributed by atoms with Crippen LogP contribution in [0.4, 0.5) is 5.69 Å². The first kappa shape index (κ1) is 14.0. The minimum atomic E-state index is 0.0414. The minimum Gasteiger partial charge on any atom is -0.392 e. The van der Waals surface area contributed by atoms with Crippen LogP contribution in [-0.4, -0.2) is 31.4 Å². The van der Waals surface area contributed by atoms with Gasteiger partial charge in [0.25, 0.3) is 0 Å². The number of methoxy groups -OCH3 is 1. The van der Waals surface area contributed by atoms with Crippen LogP contribution in [0.5, 0.6) is 0 Å². The molecular formula is C13H22N2O2. The first-order chi connectivity index (χ1) is 8.31. The molecule has 4 N–H and O–H groups in total. The highest BCUT2D eigenvalue weighted by molar-refractivity contribution is 5.51. The zero-order valence-electron chi connectivity index (χ0n) is 10.4. The Kier molecular flexibility index (Phi) is 6.62. The van der Waals surface area contributed by atoms with Gasteiger partial charge in [-0.2, -0.15) is 0 Å². The summed E-state index contributed by atoms with van der Waals surface area (Å²) in [7, 11) is 1.69. The number of benzene rings is 1. The van der Waals surface area contributed by atoms with E-state index in [1.165, 1.54) is 0 Å². The minimum absolute atomic E-state index is 0.0414. The molecule has 1 unspecified atom stereocenters. The van der Waals surface area contributed by atoms with Crippen molar-refractivity contribution in [2.75, 3.05) is 25.6 Å². The molecular weight excluding hydrogens is 216 g/mol. The molecule has 0 bridgehead atoms. The zero-order chi connectivity index (χ0) is 12.5. The fourth-order valence-corrected chi connectivity index (χ4v) is 1.78. The van der Waals surface area contributed by atoms with Crippen LogP contribution in [0.15, 0.2) is 24.3 Å². The maximum absolute atomic E-state index is 9.25. The highest BCUT2D eigenvalue weighted by Crippen LogP contribution is 2.17. The van der Waals surface area contributed by atoms with E-state index in [0.29, 0.717) is 13.2 Å². The maximum Gasteiger partial charge on any atom is 0.0701 e. The van der Waals surface area contributed by atoms with Crippen LogP contribution in [0.3, 0.4) is 0 Å². The van der Waals surface area contributed by atoms with Crippen LogP contribution in [0.25, 0.3) is 0 Å². The van der Waals surface area contributed by atoms with Crippen molar-refractivity contribution >= 4 is 5.69 Å². The second kappa shape index (κ2) is 8.06. The molecule has 0 aliphatic carbocycles. The topological polar surface area (TPSA) is 67.5 Å². The molecule has 4 nitrogen and oxygen atoms in total. The molecule has 0 spiro atoms. The number of anilines is 1. The molecule has 0 aliphatic heterocycles. The van der Waals surface area contributed by atoms with Crippen LogP contribution in [0.1, 0.15) is 18.4 Å². The van der Waals surface area contributed by atoms with E-state index in [9.17, 15) is 5.11 Å². The third kappa shape index (κ3) is 4.73. The summed E-state index contributed by atoms with van der Waals surface area (Å²) in [5.41, 5.74) is 7.38. The molecule has 1 aromatic rings. The van der Waals surface area contributed by atoms with Crippen LogP contribution < -0.4 is 11.1 Å². The van der Waals surface area contributed by atoms with Gasteiger partial charge in [-0.25, -0.2) is 0 Å². The van der Waals surface area contributed by atoms with E-state index in [1.807, 2.05) is 24.3 Å². The van der Waals surface area contributed by atoms with Gasteiger partial charge >= 0.3 is 0 Å². The predicted octanol–water partition coefficient (Wildman–Crippen LogP) is 1.34. The summed E-state index contributed by atoms with van der Waals surface area (Å²) in [5, 5.41) is 12.6. The number of ether oxygens (including phenoxy) is 1. The lowest BCUT2D eigenvalue weighted by Gasteiger charge is -2.20. The number of nitrogens with two attached hydrogens (primary N) is 1. The monoisotopic (exact) mass is 238 g/mol.